The predicted molar refractivity (Wildman–Crippen MR) is 69.3 cm³/mol. The number of rotatable bonds is 4. The summed E-state index contributed by atoms with van der Waals surface area (Å²) in [4.78, 5) is 15.1. The predicted octanol–water partition coefficient (Wildman–Crippen LogP) is 1.08. The lowest BCUT2D eigenvalue weighted by molar-refractivity contribution is -0.151. The molecule has 2 rings (SSSR count). The highest BCUT2D eigenvalue weighted by Crippen LogP contribution is 2.19. The van der Waals surface area contributed by atoms with Crippen LogP contribution in [0.15, 0.2) is 0 Å². The zero-order valence-electron chi connectivity index (χ0n) is 11.6. The van der Waals surface area contributed by atoms with Crippen molar-refractivity contribution in [2.75, 3.05) is 45.8 Å². The Morgan fingerprint density at radius 3 is 2.45 bits per heavy atom. The number of alkyl halides is 3. The average molecular weight is 293 g/mol. The third kappa shape index (κ3) is 4.94. The topological polar surface area (TPSA) is 35.6 Å². The number of piperazine rings is 1. The van der Waals surface area contributed by atoms with E-state index in [1.807, 2.05) is 0 Å². The second-order valence-corrected chi connectivity index (χ2v) is 5.67. The highest BCUT2D eigenvalue weighted by molar-refractivity contribution is 5.76. The highest BCUT2D eigenvalue weighted by atomic mass is 19.4. The summed E-state index contributed by atoms with van der Waals surface area (Å²) >= 11 is 0. The van der Waals surface area contributed by atoms with Crippen LogP contribution in [-0.4, -0.2) is 67.7 Å². The molecule has 4 nitrogen and oxygen atoms in total. The van der Waals surface area contributed by atoms with Crippen molar-refractivity contribution in [3.63, 3.8) is 0 Å². The summed E-state index contributed by atoms with van der Waals surface area (Å²) in [7, 11) is 0. The molecule has 0 aromatic carbocycles. The normalized spacial score (nSPS) is 25.1. The molecule has 20 heavy (non-hydrogen) atoms. The van der Waals surface area contributed by atoms with Crippen molar-refractivity contribution in [2.24, 2.45) is 5.92 Å². The van der Waals surface area contributed by atoms with Gasteiger partial charge < -0.3 is 10.2 Å². The molecule has 0 saturated carbocycles. The third-order valence-corrected chi connectivity index (χ3v) is 4.06. The van der Waals surface area contributed by atoms with Crippen LogP contribution < -0.4 is 5.32 Å². The molecule has 0 aromatic rings. The summed E-state index contributed by atoms with van der Waals surface area (Å²) in [6, 6.07) is 0. The number of carbonyl (C=O) groups excluding carboxylic acids is 1. The van der Waals surface area contributed by atoms with Crippen LogP contribution in [0.3, 0.4) is 0 Å². The molecule has 0 bridgehead atoms. The molecule has 2 heterocycles. The first-order valence-corrected chi connectivity index (χ1v) is 7.21. The van der Waals surface area contributed by atoms with E-state index in [1.54, 1.807) is 4.90 Å². The Labute approximate surface area is 117 Å². The molecule has 2 aliphatic rings. The lowest BCUT2D eigenvalue weighted by Gasteiger charge is -2.35. The van der Waals surface area contributed by atoms with Crippen molar-refractivity contribution in [2.45, 2.75) is 25.4 Å². The maximum atomic E-state index is 12.3. The van der Waals surface area contributed by atoms with E-state index in [-0.39, 0.29) is 5.91 Å². The second kappa shape index (κ2) is 6.76. The van der Waals surface area contributed by atoms with Gasteiger partial charge in [-0.2, -0.15) is 13.2 Å². The smallest absolute Gasteiger partial charge is 0.340 e. The highest BCUT2D eigenvalue weighted by Gasteiger charge is 2.32. The molecule has 1 amide bonds. The lowest BCUT2D eigenvalue weighted by atomic mass is 10.0. The van der Waals surface area contributed by atoms with Gasteiger partial charge in [0.25, 0.3) is 0 Å². The monoisotopic (exact) mass is 293 g/mol. The number of hydrogen-bond acceptors (Lipinski definition) is 3. The maximum absolute atomic E-state index is 12.3. The van der Waals surface area contributed by atoms with E-state index in [1.165, 1.54) is 4.90 Å². The second-order valence-electron chi connectivity index (χ2n) is 5.67. The first-order chi connectivity index (χ1) is 9.44. The number of carbonyl (C=O) groups is 1. The van der Waals surface area contributed by atoms with Crippen LogP contribution in [0.25, 0.3) is 0 Å². The van der Waals surface area contributed by atoms with Gasteiger partial charge in [0, 0.05) is 32.6 Å². The minimum Gasteiger partial charge on any atom is -0.340 e. The van der Waals surface area contributed by atoms with Gasteiger partial charge in [0.05, 0.1) is 6.54 Å². The van der Waals surface area contributed by atoms with E-state index < -0.39 is 12.7 Å². The van der Waals surface area contributed by atoms with E-state index in [0.29, 0.717) is 38.5 Å². The summed E-state index contributed by atoms with van der Waals surface area (Å²) in [6.45, 7) is 2.59. The Kier molecular flexibility index (Phi) is 5.26. The minimum atomic E-state index is -4.15. The van der Waals surface area contributed by atoms with E-state index in [2.05, 4.69) is 5.32 Å². The van der Waals surface area contributed by atoms with Crippen LogP contribution >= 0.6 is 0 Å². The van der Waals surface area contributed by atoms with Crippen molar-refractivity contribution in [1.82, 2.24) is 15.1 Å². The summed E-state index contributed by atoms with van der Waals surface area (Å²) in [5.41, 5.74) is 0. The first-order valence-electron chi connectivity index (χ1n) is 7.21. The molecule has 2 fully saturated rings. The quantitative estimate of drug-likeness (QED) is 0.842. The molecule has 0 aliphatic carbocycles. The van der Waals surface area contributed by atoms with Gasteiger partial charge in [-0.3, -0.25) is 9.69 Å². The average Bonchev–Trinajstić information content (AvgIpc) is 2.88. The molecule has 116 valence electrons. The Balaban J connectivity index is 1.66. The Morgan fingerprint density at radius 2 is 1.90 bits per heavy atom. The van der Waals surface area contributed by atoms with Crippen molar-refractivity contribution in [3.8, 4) is 0 Å². The van der Waals surface area contributed by atoms with Crippen LogP contribution in [0.5, 0.6) is 0 Å². The van der Waals surface area contributed by atoms with Crippen LogP contribution in [0, 0.1) is 5.92 Å². The molecule has 7 heteroatoms. The van der Waals surface area contributed by atoms with Gasteiger partial charge in [-0.15, -0.1) is 0 Å². The largest absolute Gasteiger partial charge is 0.401 e. The number of halogens is 3. The van der Waals surface area contributed by atoms with Gasteiger partial charge in [-0.05, 0) is 31.8 Å². The molecule has 1 atom stereocenters. The van der Waals surface area contributed by atoms with Gasteiger partial charge >= 0.3 is 6.18 Å². The van der Waals surface area contributed by atoms with Gasteiger partial charge in [0.2, 0.25) is 5.91 Å². The molecule has 0 aromatic heterocycles. The molecule has 2 aliphatic heterocycles. The fourth-order valence-corrected chi connectivity index (χ4v) is 2.86. The number of amides is 1. The summed E-state index contributed by atoms with van der Waals surface area (Å²) in [5.74, 6) is 0.661. The lowest BCUT2D eigenvalue weighted by Crippen LogP contribution is -2.50. The van der Waals surface area contributed by atoms with Crippen molar-refractivity contribution in [3.05, 3.63) is 0 Å². The Morgan fingerprint density at radius 1 is 1.20 bits per heavy atom. The third-order valence-electron chi connectivity index (χ3n) is 4.06. The van der Waals surface area contributed by atoms with Gasteiger partial charge in [0.15, 0.2) is 0 Å². The Bertz CT molecular complexity index is 321. The van der Waals surface area contributed by atoms with Gasteiger partial charge in [-0.25, -0.2) is 0 Å². The molecule has 1 N–H and O–H groups in total. The zero-order chi connectivity index (χ0) is 14.6. The fraction of sp³-hybridized carbons (Fsp3) is 0.923. The van der Waals surface area contributed by atoms with Crippen molar-refractivity contribution in [1.29, 1.82) is 0 Å². The van der Waals surface area contributed by atoms with E-state index in [4.69, 9.17) is 0 Å². The molecular formula is C13H22F3N3O. The maximum Gasteiger partial charge on any atom is 0.401 e. The van der Waals surface area contributed by atoms with E-state index >= 15 is 0 Å². The van der Waals surface area contributed by atoms with Crippen molar-refractivity contribution >= 4 is 5.91 Å². The molecule has 1 unspecified atom stereocenters. The standard InChI is InChI=1S/C13H22F3N3O/c14-13(15,16)10-18-5-7-19(8-6-18)12(20)2-1-11-3-4-17-9-11/h11,17H,1-10H2. The first kappa shape index (κ1) is 15.6. The van der Waals surface area contributed by atoms with Crippen LogP contribution in [0.4, 0.5) is 13.2 Å². The number of nitrogens with zero attached hydrogens (tertiary/aromatic N) is 2. The van der Waals surface area contributed by atoms with E-state index in [9.17, 15) is 18.0 Å². The van der Waals surface area contributed by atoms with Gasteiger partial charge in [0.1, 0.15) is 0 Å². The summed E-state index contributed by atoms with van der Waals surface area (Å²) < 4.78 is 36.8. The van der Waals surface area contributed by atoms with Crippen LogP contribution in [-0.2, 0) is 4.79 Å². The van der Waals surface area contributed by atoms with Crippen LogP contribution in [0.1, 0.15) is 19.3 Å². The number of hydrogen-bond donors (Lipinski definition) is 1. The van der Waals surface area contributed by atoms with Crippen LogP contribution in [0.2, 0.25) is 0 Å². The summed E-state index contributed by atoms with van der Waals surface area (Å²) in [5, 5.41) is 3.27. The van der Waals surface area contributed by atoms with Gasteiger partial charge in [-0.1, -0.05) is 0 Å². The zero-order valence-corrected chi connectivity index (χ0v) is 11.6. The van der Waals surface area contributed by atoms with Crippen molar-refractivity contribution < 1.29 is 18.0 Å². The molecule has 2 saturated heterocycles. The number of nitrogens with one attached hydrogen (secondary N) is 1. The molecule has 0 spiro atoms. The SMILES string of the molecule is O=C(CCC1CCNC1)N1CCN(CC(F)(F)F)CC1. The minimum absolute atomic E-state index is 0.0866. The van der Waals surface area contributed by atoms with E-state index in [0.717, 1.165) is 25.9 Å². The molecular weight excluding hydrogens is 271 g/mol. The summed E-state index contributed by atoms with van der Waals surface area (Å²) in [6.07, 6.45) is -1.63. The molecule has 0 radical (unpaired) electrons. The Hall–Kier alpha value is -0.820. The fourth-order valence-electron chi connectivity index (χ4n) is 2.86.